The van der Waals surface area contributed by atoms with E-state index in [0.717, 1.165) is 5.69 Å². The zero-order chi connectivity index (χ0) is 22.9. The third kappa shape index (κ3) is 4.89. The molecule has 0 saturated carbocycles. The molecule has 0 aromatic heterocycles. The molecule has 1 atom stereocenters. The average molecular weight is 440 g/mol. The summed E-state index contributed by atoms with van der Waals surface area (Å²) in [5.74, 6) is -0.299. The summed E-state index contributed by atoms with van der Waals surface area (Å²) in [4.78, 5) is 1.57. The number of fused-ring (bicyclic) bond motifs is 1. The van der Waals surface area contributed by atoms with Gasteiger partial charge in [0.1, 0.15) is 11.6 Å². The van der Waals surface area contributed by atoms with Crippen molar-refractivity contribution < 1.29 is 27.4 Å². The number of alkyl halides is 3. The Morgan fingerprint density at radius 1 is 1.13 bits per heavy atom. The molecule has 4 nitrogen and oxygen atoms in total. The van der Waals surface area contributed by atoms with Gasteiger partial charge in [-0.15, -0.1) is 0 Å². The second kappa shape index (κ2) is 8.57. The zero-order valence-electron chi connectivity index (χ0n) is 17.9. The van der Waals surface area contributed by atoms with Gasteiger partial charge in [0, 0.05) is 18.7 Å². The Labute approximate surface area is 179 Å². The number of para-hydroxylation sites is 2. The maximum atomic E-state index is 14.2. The predicted molar refractivity (Wildman–Crippen MR) is 113 cm³/mol. The highest BCUT2D eigenvalue weighted by Crippen LogP contribution is 2.45. The van der Waals surface area contributed by atoms with Gasteiger partial charge in [-0.2, -0.15) is 13.2 Å². The topological polar surface area (TPSA) is 44.7 Å². The van der Waals surface area contributed by atoms with Gasteiger partial charge in [-0.05, 0) is 48.6 Å². The Kier molecular flexibility index (Phi) is 6.41. The van der Waals surface area contributed by atoms with Crippen LogP contribution in [0.4, 0.5) is 28.9 Å². The molecular formula is C23H28F4N2O2. The minimum Gasteiger partial charge on any atom is -0.496 e. The van der Waals surface area contributed by atoms with Crippen molar-refractivity contribution in [3.8, 4) is 5.75 Å². The second-order valence-electron chi connectivity index (χ2n) is 8.65. The predicted octanol–water partition coefficient (Wildman–Crippen LogP) is 5.12. The van der Waals surface area contributed by atoms with Crippen LogP contribution < -0.4 is 15.0 Å². The summed E-state index contributed by atoms with van der Waals surface area (Å²) in [5.41, 5.74) is -2.62. The van der Waals surface area contributed by atoms with E-state index < -0.39 is 36.0 Å². The average Bonchev–Trinajstić information content (AvgIpc) is 2.89. The van der Waals surface area contributed by atoms with E-state index in [2.05, 4.69) is 5.32 Å². The Morgan fingerprint density at radius 3 is 2.52 bits per heavy atom. The van der Waals surface area contributed by atoms with Crippen molar-refractivity contribution in [1.29, 1.82) is 0 Å². The van der Waals surface area contributed by atoms with Crippen LogP contribution in [-0.4, -0.2) is 43.6 Å². The third-order valence-electron chi connectivity index (χ3n) is 5.77. The molecule has 2 N–H and O–H groups in total. The monoisotopic (exact) mass is 440 g/mol. The number of halogens is 4. The first-order chi connectivity index (χ1) is 14.5. The Balaban J connectivity index is 1.98. The number of nitrogens with one attached hydrogen (secondary N) is 1. The fraction of sp³-hybridized carbons (Fsp3) is 0.478. The molecule has 0 aliphatic carbocycles. The van der Waals surface area contributed by atoms with E-state index in [1.165, 1.54) is 25.3 Å². The normalized spacial score (nSPS) is 16.7. The van der Waals surface area contributed by atoms with E-state index >= 15 is 0 Å². The molecule has 31 heavy (non-hydrogen) atoms. The van der Waals surface area contributed by atoms with Gasteiger partial charge in [-0.3, -0.25) is 0 Å². The number of methoxy groups -OCH3 is 1. The first-order valence-electron chi connectivity index (χ1n) is 10.2. The van der Waals surface area contributed by atoms with E-state index in [0.29, 0.717) is 25.2 Å². The third-order valence-corrected chi connectivity index (χ3v) is 5.77. The minimum atomic E-state index is -4.89. The quantitative estimate of drug-likeness (QED) is 0.613. The van der Waals surface area contributed by atoms with Gasteiger partial charge in [0.25, 0.3) is 0 Å². The van der Waals surface area contributed by atoms with Gasteiger partial charge in [0.05, 0.1) is 25.0 Å². The van der Waals surface area contributed by atoms with Crippen LogP contribution in [0.3, 0.4) is 0 Å². The maximum Gasteiger partial charge on any atom is 0.418 e. The van der Waals surface area contributed by atoms with Gasteiger partial charge in [0.2, 0.25) is 0 Å². The number of nitrogens with zero attached hydrogens (tertiary/aromatic N) is 1. The van der Waals surface area contributed by atoms with Crippen molar-refractivity contribution in [2.45, 2.75) is 43.9 Å². The Hall–Kier alpha value is -2.48. The zero-order valence-corrected chi connectivity index (χ0v) is 17.9. The number of β-amino-alcohol motifs (C(OH)–C–C–N with tert-alkyl or cyclic N) is 1. The highest BCUT2D eigenvalue weighted by molar-refractivity contribution is 5.70. The standard InChI is InChI=1S/C23H28F4N2O2/c1-21(2,17-13-16(24)9-10-20(17)31-3)14-22(30,23(25,26)27)15-29-12-6-11-28-18-7-4-5-8-19(18)29/h4-5,7-10,13,28,30H,6,11-12,14-15H2,1-3H3. The molecule has 8 heteroatoms. The van der Waals surface area contributed by atoms with Crippen molar-refractivity contribution in [1.82, 2.24) is 0 Å². The number of benzene rings is 2. The molecule has 170 valence electrons. The number of hydrogen-bond donors (Lipinski definition) is 2. The van der Waals surface area contributed by atoms with Crippen LogP contribution in [0.25, 0.3) is 0 Å². The van der Waals surface area contributed by atoms with Crippen LogP contribution in [0.1, 0.15) is 32.3 Å². The fourth-order valence-corrected chi connectivity index (χ4v) is 4.27. The Bertz CT molecular complexity index is 917. The summed E-state index contributed by atoms with van der Waals surface area (Å²) >= 11 is 0. The summed E-state index contributed by atoms with van der Waals surface area (Å²) in [7, 11) is 1.38. The van der Waals surface area contributed by atoms with Crippen molar-refractivity contribution in [3.05, 3.63) is 53.8 Å². The number of rotatable bonds is 6. The van der Waals surface area contributed by atoms with Crippen LogP contribution >= 0.6 is 0 Å². The highest BCUT2D eigenvalue weighted by atomic mass is 19.4. The van der Waals surface area contributed by atoms with Crippen LogP contribution in [0.2, 0.25) is 0 Å². The summed E-state index contributed by atoms with van der Waals surface area (Å²) < 4.78 is 61.9. The fourth-order valence-electron chi connectivity index (χ4n) is 4.27. The number of anilines is 2. The SMILES string of the molecule is COc1ccc(F)cc1C(C)(C)CC(O)(CN1CCCNc2ccccc21)C(F)(F)F. The highest BCUT2D eigenvalue weighted by Gasteiger charge is 2.57. The molecule has 3 rings (SSSR count). The second-order valence-corrected chi connectivity index (χ2v) is 8.65. The summed E-state index contributed by atoms with van der Waals surface area (Å²) in [5, 5.41) is 14.2. The van der Waals surface area contributed by atoms with Gasteiger partial charge >= 0.3 is 6.18 Å². The van der Waals surface area contributed by atoms with E-state index in [4.69, 9.17) is 4.74 Å². The lowest BCUT2D eigenvalue weighted by Crippen LogP contribution is -2.56. The molecule has 0 saturated heterocycles. The van der Waals surface area contributed by atoms with E-state index in [1.807, 2.05) is 12.1 Å². The summed E-state index contributed by atoms with van der Waals surface area (Å²) in [6.45, 7) is 3.48. The molecule has 0 amide bonds. The molecule has 0 radical (unpaired) electrons. The largest absolute Gasteiger partial charge is 0.496 e. The number of aliphatic hydroxyl groups is 1. The molecule has 0 fully saturated rings. The van der Waals surface area contributed by atoms with Gasteiger partial charge < -0.3 is 20.1 Å². The lowest BCUT2D eigenvalue weighted by molar-refractivity contribution is -0.262. The van der Waals surface area contributed by atoms with Gasteiger partial charge in [-0.25, -0.2) is 4.39 Å². The van der Waals surface area contributed by atoms with Crippen molar-refractivity contribution >= 4 is 11.4 Å². The van der Waals surface area contributed by atoms with Crippen molar-refractivity contribution in [2.24, 2.45) is 0 Å². The maximum absolute atomic E-state index is 14.2. The van der Waals surface area contributed by atoms with E-state index in [1.54, 1.807) is 30.9 Å². The lowest BCUT2D eigenvalue weighted by Gasteiger charge is -2.41. The molecule has 2 aromatic rings. The van der Waals surface area contributed by atoms with Crippen LogP contribution in [0, 0.1) is 5.82 Å². The molecule has 0 spiro atoms. The van der Waals surface area contributed by atoms with E-state index in [9.17, 15) is 22.7 Å². The lowest BCUT2D eigenvalue weighted by atomic mass is 9.74. The van der Waals surface area contributed by atoms with Gasteiger partial charge in [0.15, 0.2) is 5.60 Å². The molecule has 0 bridgehead atoms. The minimum absolute atomic E-state index is 0.274. The van der Waals surface area contributed by atoms with Crippen LogP contribution in [0.5, 0.6) is 5.75 Å². The number of hydrogen-bond acceptors (Lipinski definition) is 4. The molecule has 1 aliphatic heterocycles. The first kappa shape index (κ1) is 23.2. The summed E-state index contributed by atoms with van der Waals surface area (Å²) in [6, 6.07) is 10.9. The first-order valence-corrected chi connectivity index (χ1v) is 10.2. The smallest absolute Gasteiger partial charge is 0.418 e. The van der Waals surface area contributed by atoms with Gasteiger partial charge in [-0.1, -0.05) is 26.0 Å². The van der Waals surface area contributed by atoms with Crippen molar-refractivity contribution in [3.63, 3.8) is 0 Å². The van der Waals surface area contributed by atoms with Crippen LogP contribution in [-0.2, 0) is 5.41 Å². The van der Waals surface area contributed by atoms with Crippen molar-refractivity contribution in [2.75, 3.05) is 37.0 Å². The molecule has 1 unspecified atom stereocenters. The molecule has 2 aromatic carbocycles. The van der Waals surface area contributed by atoms with Crippen LogP contribution in [0.15, 0.2) is 42.5 Å². The molecule has 1 aliphatic rings. The molecule has 1 heterocycles. The van der Waals surface area contributed by atoms with E-state index in [-0.39, 0.29) is 11.3 Å². The Morgan fingerprint density at radius 2 is 1.84 bits per heavy atom. The molecular weight excluding hydrogens is 412 g/mol. The summed E-state index contributed by atoms with van der Waals surface area (Å²) in [6.07, 6.45) is -4.92. The number of ether oxygens (including phenoxy) is 1.